The van der Waals surface area contributed by atoms with Crippen LogP contribution >= 0.6 is 0 Å². The van der Waals surface area contributed by atoms with Gasteiger partial charge in [-0.15, -0.1) is 0 Å². The molecule has 0 heterocycles. The van der Waals surface area contributed by atoms with Crippen molar-refractivity contribution < 1.29 is 9.84 Å². The van der Waals surface area contributed by atoms with Crippen molar-refractivity contribution in [3.05, 3.63) is 66.2 Å². The number of nitrogens with zero attached hydrogens (tertiary/aromatic N) is 1. The summed E-state index contributed by atoms with van der Waals surface area (Å²) < 4.78 is 5.18. The van der Waals surface area contributed by atoms with Gasteiger partial charge in [-0.05, 0) is 29.0 Å². The Bertz CT molecular complexity index is 809. The number of methoxy groups -OCH3 is 1. The van der Waals surface area contributed by atoms with Gasteiger partial charge in [-0.25, -0.2) is 0 Å². The number of rotatable bonds is 3. The van der Waals surface area contributed by atoms with Crippen molar-refractivity contribution in [1.82, 2.24) is 0 Å². The van der Waals surface area contributed by atoms with Crippen LogP contribution in [0.25, 0.3) is 10.8 Å². The summed E-state index contributed by atoms with van der Waals surface area (Å²) in [7, 11) is 1.62. The summed E-state index contributed by atoms with van der Waals surface area (Å²) in [5, 5.41) is 12.1. The molecule has 0 aliphatic heterocycles. The van der Waals surface area contributed by atoms with Crippen molar-refractivity contribution in [1.29, 1.82) is 0 Å². The molecule has 3 rings (SSSR count). The lowest BCUT2D eigenvalue weighted by Gasteiger charge is -2.05. The number of phenols is 1. The van der Waals surface area contributed by atoms with Crippen LogP contribution in [0, 0.1) is 0 Å². The summed E-state index contributed by atoms with van der Waals surface area (Å²) in [5.74, 6) is 0.979. The molecule has 3 nitrogen and oxygen atoms in total. The number of aromatic hydroxyl groups is 1. The molecule has 3 aromatic carbocycles. The third kappa shape index (κ3) is 2.72. The second kappa shape index (κ2) is 5.67. The van der Waals surface area contributed by atoms with E-state index in [0.717, 1.165) is 27.8 Å². The van der Waals surface area contributed by atoms with Gasteiger partial charge in [-0.2, -0.15) is 0 Å². The second-order valence-electron chi connectivity index (χ2n) is 4.68. The number of hydrogen-bond acceptors (Lipinski definition) is 3. The molecular formula is C18H15NO2. The maximum absolute atomic E-state index is 10.1. The molecule has 0 aromatic heterocycles. The van der Waals surface area contributed by atoms with E-state index in [1.165, 1.54) is 0 Å². The number of benzene rings is 3. The molecule has 0 radical (unpaired) electrons. The molecule has 0 spiro atoms. The van der Waals surface area contributed by atoms with E-state index in [1.54, 1.807) is 19.4 Å². The predicted octanol–water partition coefficient (Wildman–Crippen LogP) is 4.30. The molecule has 104 valence electrons. The van der Waals surface area contributed by atoms with Crippen molar-refractivity contribution in [2.24, 2.45) is 4.99 Å². The average Bonchev–Trinajstić information content (AvgIpc) is 2.54. The van der Waals surface area contributed by atoms with Gasteiger partial charge in [0.05, 0.1) is 12.8 Å². The first-order valence-electron chi connectivity index (χ1n) is 6.67. The minimum absolute atomic E-state index is 0.223. The fourth-order valence-electron chi connectivity index (χ4n) is 2.25. The Labute approximate surface area is 123 Å². The van der Waals surface area contributed by atoms with Crippen LogP contribution in [-0.4, -0.2) is 18.4 Å². The zero-order chi connectivity index (χ0) is 14.7. The van der Waals surface area contributed by atoms with E-state index >= 15 is 0 Å². The lowest BCUT2D eigenvalue weighted by molar-refractivity contribution is 0.415. The van der Waals surface area contributed by atoms with E-state index in [9.17, 15) is 5.11 Å². The number of aliphatic imine (C=N–C) groups is 1. The summed E-state index contributed by atoms with van der Waals surface area (Å²) in [6.07, 6.45) is 1.69. The number of phenolic OH excluding ortho intramolecular Hbond substituents is 1. The molecule has 0 unspecified atom stereocenters. The monoisotopic (exact) mass is 277 g/mol. The fourth-order valence-corrected chi connectivity index (χ4v) is 2.25. The summed E-state index contributed by atoms with van der Waals surface area (Å²) in [4.78, 5) is 4.43. The Morgan fingerprint density at radius 3 is 2.71 bits per heavy atom. The molecule has 0 fully saturated rings. The van der Waals surface area contributed by atoms with Gasteiger partial charge in [-0.3, -0.25) is 4.99 Å². The molecule has 0 aliphatic carbocycles. The van der Waals surface area contributed by atoms with Crippen LogP contribution < -0.4 is 4.74 Å². The molecule has 0 aliphatic rings. The van der Waals surface area contributed by atoms with Crippen molar-refractivity contribution in [3.8, 4) is 11.5 Å². The van der Waals surface area contributed by atoms with Crippen molar-refractivity contribution >= 4 is 22.7 Å². The molecule has 0 amide bonds. The Hall–Kier alpha value is -2.81. The molecule has 3 aromatic rings. The van der Waals surface area contributed by atoms with E-state index in [1.807, 2.05) is 54.6 Å². The minimum Gasteiger partial charge on any atom is -0.507 e. The molecule has 3 heteroatoms. The highest BCUT2D eigenvalue weighted by Gasteiger charge is 2.04. The zero-order valence-corrected chi connectivity index (χ0v) is 11.7. The highest BCUT2D eigenvalue weighted by molar-refractivity contribution is 6.02. The third-order valence-electron chi connectivity index (χ3n) is 3.34. The van der Waals surface area contributed by atoms with E-state index in [0.29, 0.717) is 0 Å². The molecule has 0 saturated heterocycles. The van der Waals surface area contributed by atoms with Crippen LogP contribution in [0.15, 0.2) is 65.7 Å². The van der Waals surface area contributed by atoms with Gasteiger partial charge in [0.15, 0.2) is 0 Å². The fraction of sp³-hybridized carbons (Fsp3) is 0.0556. The lowest BCUT2D eigenvalue weighted by Crippen LogP contribution is -1.86. The number of ether oxygens (including phenoxy) is 1. The van der Waals surface area contributed by atoms with Gasteiger partial charge in [-0.1, -0.05) is 36.4 Å². The summed E-state index contributed by atoms with van der Waals surface area (Å²) in [6, 6.07) is 19.0. The highest BCUT2D eigenvalue weighted by atomic mass is 16.5. The molecule has 0 atom stereocenters. The van der Waals surface area contributed by atoms with Crippen molar-refractivity contribution in [2.45, 2.75) is 0 Å². The van der Waals surface area contributed by atoms with Crippen LogP contribution in [0.5, 0.6) is 11.5 Å². The van der Waals surface area contributed by atoms with Gasteiger partial charge in [0.25, 0.3) is 0 Å². The maximum atomic E-state index is 10.1. The highest BCUT2D eigenvalue weighted by Crippen LogP contribution is 2.26. The van der Waals surface area contributed by atoms with Gasteiger partial charge >= 0.3 is 0 Å². The van der Waals surface area contributed by atoms with Crippen LogP contribution in [-0.2, 0) is 0 Å². The quantitative estimate of drug-likeness (QED) is 0.725. The summed E-state index contributed by atoms with van der Waals surface area (Å²) in [5.41, 5.74) is 1.50. The van der Waals surface area contributed by atoms with Crippen molar-refractivity contribution in [3.63, 3.8) is 0 Å². The van der Waals surface area contributed by atoms with E-state index in [-0.39, 0.29) is 5.75 Å². The lowest BCUT2D eigenvalue weighted by atomic mass is 10.0. The largest absolute Gasteiger partial charge is 0.507 e. The second-order valence-corrected chi connectivity index (χ2v) is 4.68. The first kappa shape index (κ1) is 13.2. The summed E-state index contributed by atoms with van der Waals surface area (Å²) >= 11 is 0. The number of fused-ring (bicyclic) bond motifs is 1. The normalized spacial score (nSPS) is 11.1. The standard InChI is InChI=1S/C18H15NO2/c1-21-15-7-4-6-14(11-15)19-12-17-16-8-3-2-5-13(16)9-10-18(17)20/h2-12,20H,1H3. The smallest absolute Gasteiger partial charge is 0.124 e. The molecule has 21 heavy (non-hydrogen) atoms. The topological polar surface area (TPSA) is 41.8 Å². The Morgan fingerprint density at radius 2 is 1.86 bits per heavy atom. The van der Waals surface area contributed by atoms with Crippen LogP contribution in [0.2, 0.25) is 0 Å². The molecular weight excluding hydrogens is 262 g/mol. The third-order valence-corrected chi connectivity index (χ3v) is 3.34. The predicted molar refractivity (Wildman–Crippen MR) is 85.9 cm³/mol. The van der Waals surface area contributed by atoms with Crippen LogP contribution in [0.1, 0.15) is 5.56 Å². The van der Waals surface area contributed by atoms with E-state index < -0.39 is 0 Å². The van der Waals surface area contributed by atoms with Crippen molar-refractivity contribution in [2.75, 3.05) is 7.11 Å². The van der Waals surface area contributed by atoms with Gasteiger partial charge in [0.2, 0.25) is 0 Å². The van der Waals surface area contributed by atoms with Crippen LogP contribution in [0.4, 0.5) is 5.69 Å². The molecule has 1 N–H and O–H groups in total. The van der Waals surface area contributed by atoms with E-state index in [4.69, 9.17) is 4.74 Å². The first-order valence-corrected chi connectivity index (χ1v) is 6.67. The SMILES string of the molecule is COc1cccc(N=Cc2c(O)ccc3ccccc23)c1. The van der Waals surface area contributed by atoms with Gasteiger partial charge in [0, 0.05) is 17.8 Å². The van der Waals surface area contributed by atoms with Gasteiger partial charge in [0.1, 0.15) is 11.5 Å². The van der Waals surface area contributed by atoms with Crippen LogP contribution in [0.3, 0.4) is 0 Å². The number of hydrogen-bond donors (Lipinski definition) is 1. The summed E-state index contributed by atoms with van der Waals surface area (Å²) in [6.45, 7) is 0. The van der Waals surface area contributed by atoms with Gasteiger partial charge < -0.3 is 9.84 Å². The molecule has 0 bridgehead atoms. The van der Waals surface area contributed by atoms with E-state index in [2.05, 4.69) is 4.99 Å². The first-order chi connectivity index (χ1) is 10.3. The minimum atomic E-state index is 0.223. The molecule has 0 saturated carbocycles. The Balaban J connectivity index is 2.04. The maximum Gasteiger partial charge on any atom is 0.124 e. The zero-order valence-electron chi connectivity index (χ0n) is 11.7. The Morgan fingerprint density at radius 1 is 1.00 bits per heavy atom. The Kier molecular flexibility index (Phi) is 3.56. The average molecular weight is 277 g/mol.